The van der Waals surface area contributed by atoms with Gasteiger partial charge in [-0.2, -0.15) is 0 Å². The van der Waals surface area contributed by atoms with Gasteiger partial charge in [0.05, 0.1) is 18.2 Å². The number of amides is 1. The van der Waals surface area contributed by atoms with E-state index in [1.54, 1.807) is 24.5 Å². The van der Waals surface area contributed by atoms with E-state index in [2.05, 4.69) is 5.32 Å². The smallest absolute Gasteiger partial charge is 0.340 e. The van der Waals surface area contributed by atoms with Crippen LogP contribution in [-0.4, -0.2) is 12.5 Å². The van der Waals surface area contributed by atoms with Gasteiger partial charge in [0.15, 0.2) is 0 Å². The lowest BCUT2D eigenvalue weighted by Gasteiger charge is -2.09. The monoisotopic (exact) mass is 393 g/mol. The summed E-state index contributed by atoms with van der Waals surface area (Å²) in [6.07, 6.45) is 2.18. The quantitative estimate of drug-likeness (QED) is 0.516. The average molecular weight is 393 g/mol. The van der Waals surface area contributed by atoms with E-state index in [9.17, 15) is 14.0 Å². The Kier molecular flexibility index (Phi) is 4.92. The normalized spacial score (nSPS) is 11.3. The van der Waals surface area contributed by atoms with Crippen LogP contribution in [0.25, 0.3) is 21.9 Å². The molecule has 6 heteroatoms. The first-order valence-corrected chi connectivity index (χ1v) is 9.37. The highest BCUT2D eigenvalue weighted by atomic mass is 19.1. The van der Waals surface area contributed by atoms with Crippen LogP contribution in [0.2, 0.25) is 0 Å². The molecule has 0 atom stereocenters. The molecule has 1 N–H and O–H groups in total. The number of carbonyl (C=O) groups is 1. The molecule has 0 saturated heterocycles. The van der Waals surface area contributed by atoms with Gasteiger partial charge in [0.25, 0.3) is 0 Å². The lowest BCUT2D eigenvalue weighted by atomic mass is 10.0. The molecule has 2 heterocycles. The fourth-order valence-electron chi connectivity index (χ4n) is 3.46. The number of rotatable bonds is 5. The Hall–Kier alpha value is -3.41. The molecule has 0 radical (unpaired) electrons. The minimum Gasteiger partial charge on any atom is -0.464 e. The highest BCUT2D eigenvalue weighted by molar-refractivity contribution is 5.96. The molecular formula is C23H20FNO4. The molecule has 1 amide bonds. The minimum absolute atomic E-state index is 0.0596. The van der Waals surface area contributed by atoms with Crippen LogP contribution >= 0.6 is 0 Å². The van der Waals surface area contributed by atoms with Gasteiger partial charge in [-0.3, -0.25) is 4.79 Å². The number of benzene rings is 2. The summed E-state index contributed by atoms with van der Waals surface area (Å²) in [6.45, 7) is 4.17. The van der Waals surface area contributed by atoms with Crippen molar-refractivity contribution in [2.24, 2.45) is 0 Å². The Bertz CT molecular complexity index is 1270. The third kappa shape index (κ3) is 3.78. The summed E-state index contributed by atoms with van der Waals surface area (Å²) < 4.78 is 23.9. The van der Waals surface area contributed by atoms with Crippen LogP contribution in [0.1, 0.15) is 22.3 Å². The summed E-state index contributed by atoms with van der Waals surface area (Å²) in [5.41, 5.74) is 3.56. The van der Waals surface area contributed by atoms with Crippen LogP contribution in [-0.2, 0) is 17.6 Å². The van der Waals surface area contributed by atoms with E-state index in [0.717, 1.165) is 27.5 Å². The van der Waals surface area contributed by atoms with Crippen molar-refractivity contribution in [2.45, 2.75) is 26.7 Å². The van der Waals surface area contributed by atoms with Gasteiger partial charge < -0.3 is 14.2 Å². The van der Waals surface area contributed by atoms with E-state index in [-0.39, 0.29) is 18.1 Å². The molecule has 2 aromatic heterocycles. The molecule has 148 valence electrons. The van der Waals surface area contributed by atoms with Crippen molar-refractivity contribution < 1.29 is 18.0 Å². The molecule has 4 rings (SSSR count). The fraction of sp³-hybridized carbons (Fsp3) is 0.217. The fourth-order valence-corrected chi connectivity index (χ4v) is 3.46. The number of nitrogens with one attached hydrogen (secondary N) is 1. The first kappa shape index (κ1) is 18.9. The van der Waals surface area contributed by atoms with Crippen LogP contribution in [0.5, 0.6) is 0 Å². The molecule has 0 fully saturated rings. The van der Waals surface area contributed by atoms with Gasteiger partial charge >= 0.3 is 5.63 Å². The maximum Gasteiger partial charge on any atom is 0.340 e. The van der Waals surface area contributed by atoms with Gasteiger partial charge in [0, 0.05) is 23.4 Å². The van der Waals surface area contributed by atoms with Crippen molar-refractivity contribution >= 4 is 27.8 Å². The number of furan rings is 1. The molecule has 2 aromatic carbocycles. The zero-order chi connectivity index (χ0) is 20.5. The Morgan fingerprint density at radius 3 is 2.59 bits per heavy atom. The number of aryl methyl sites for hydroxylation is 2. The highest BCUT2D eigenvalue weighted by Gasteiger charge is 2.16. The molecule has 4 aromatic rings. The highest BCUT2D eigenvalue weighted by Crippen LogP contribution is 2.28. The Morgan fingerprint density at radius 1 is 1.07 bits per heavy atom. The topological polar surface area (TPSA) is 72.5 Å². The second-order valence-corrected chi connectivity index (χ2v) is 7.16. The molecule has 0 aliphatic heterocycles. The van der Waals surface area contributed by atoms with Gasteiger partial charge in [0.1, 0.15) is 17.0 Å². The van der Waals surface area contributed by atoms with Crippen molar-refractivity contribution in [1.29, 1.82) is 0 Å². The van der Waals surface area contributed by atoms with E-state index in [0.29, 0.717) is 29.7 Å². The van der Waals surface area contributed by atoms with Crippen molar-refractivity contribution in [3.05, 3.63) is 81.2 Å². The molecule has 0 bridgehead atoms. The molecule has 0 saturated carbocycles. The predicted molar refractivity (Wildman–Crippen MR) is 109 cm³/mol. The lowest BCUT2D eigenvalue weighted by molar-refractivity contribution is -0.120. The van der Waals surface area contributed by atoms with Crippen LogP contribution in [0.4, 0.5) is 4.39 Å². The van der Waals surface area contributed by atoms with Gasteiger partial charge in [-0.15, -0.1) is 0 Å². The average Bonchev–Trinajstić information content (AvgIpc) is 3.05. The maximum absolute atomic E-state index is 12.9. The number of hydrogen-bond donors (Lipinski definition) is 1. The summed E-state index contributed by atoms with van der Waals surface area (Å²) in [4.78, 5) is 24.8. The largest absolute Gasteiger partial charge is 0.464 e. The van der Waals surface area contributed by atoms with Crippen molar-refractivity contribution in [1.82, 2.24) is 5.32 Å². The Labute approximate surface area is 166 Å². The van der Waals surface area contributed by atoms with Crippen LogP contribution in [0, 0.1) is 19.7 Å². The van der Waals surface area contributed by atoms with Crippen LogP contribution in [0.15, 0.2) is 56.3 Å². The van der Waals surface area contributed by atoms with Gasteiger partial charge in [-0.1, -0.05) is 12.1 Å². The minimum atomic E-state index is -0.522. The van der Waals surface area contributed by atoms with Crippen molar-refractivity contribution in [3.8, 4) is 0 Å². The lowest BCUT2D eigenvalue weighted by Crippen LogP contribution is -2.29. The first-order valence-electron chi connectivity index (χ1n) is 9.37. The van der Waals surface area contributed by atoms with Crippen molar-refractivity contribution in [3.63, 3.8) is 0 Å². The molecule has 0 unspecified atom stereocenters. The van der Waals surface area contributed by atoms with Gasteiger partial charge in [0.2, 0.25) is 5.91 Å². The van der Waals surface area contributed by atoms with E-state index >= 15 is 0 Å². The maximum atomic E-state index is 12.9. The molecule has 0 spiro atoms. The van der Waals surface area contributed by atoms with E-state index in [4.69, 9.17) is 8.83 Å². The van der Waals surface area contributed by atoms with Crippen LogP contribution in [0.3, 0.4) is 0 Å². The summed E-state index contributed by atoms with van der Waals surface area (Å²) in [6, 6.07) is 9.78. The molecular weight excluding hydrogens is 373 g/mol. The van der Waals surface area contributed by atoms with E-state index < -0.39 is 5.63 Å². The van der Waals surface area contributed by atoms with E-state index in [1.807, 2.05) is 19.9 Å². The summed E-state index contributed by atoms with van der Waals surface area (Å²) in [5, 5.41) is 4.54. The number of fused-ring (bicyclic) bond motifs is 2. The zero-order valence-corrected chi connectivity index (χ0v) is 16.2. The second kappa shape index (κ2) is 7.54. The SMILES string of the molecule is Cc1coc2cc3oc(=O)c(CC(=O)NCCc4ccc(F)cc4)c(C)c3cc12. The van der Waals surface area contributed by atoms with E-state index in [1.165, 1.54) is 12.1 Å². The Balaban J connectivity index is 1.52. The third-order valence-electron chi connectivity index (χ3n) is 5.16. The zero-order valence-electron chi connectivity index (χ0n) is 16.2. The van der Waals surface area contributed by atoms with Gasteiger partial charge in [-0.05, 0) is 55.2 Å². The summed E-state index contributed by atoms with van der Waals surface area (Å²) in [5.74, 6) is -0.554. The summed E-state index contributed by atoms with van der Waals surface area (Å²) in [7, 11) is 0. The van der Waals surface area contributed by atoms with Gasteiger partial charge in [-0.25, -0.2) is 9.18 Å². The second-order valence-electron chi connectivity index (χ2n) is 7.16. The Morgan fingerprint density at radius 2 is 1.83 bits per heavy atom. The number of halogens is 1. The third-order valence-corrected chi connectivity index (χ3v) is 5.16. The van der Waals surface area contributed by atoms with Crippen LogP contribution < -0.4 is 10.9 Å². The molecule has 0 aliphatic rings. The molecule has 29 heavy (non-hydrogen) atoms. The standard InChI is InChI=1S/C23H20FNO4/c1-13-12-28-20-11-21-18(9-17(13)20)14(2)19(23(27)29-21)10-22(26)25-8-7-15-3-5-16(24)6-4-15/h3-6,9,11-12H,7-8,10H2,1-2H3,(H,25,26). The summed E-state index contributed by atoms with van der Waals surface area (Å²) >= 11 is 0. The molecule has 0 aliphatic carbocycles. The molecule has 5 nitrogen and oxygen atoms in total. The van der Waals surface area contributed by atoms with Crippen molar-refractivity contribution in [2.75, 3.05) is 6.54 Å². The number of carbonyl (C=O) groups excluding carboxylic acids is 1. The first-order chi connectivity index (χ1) is 13.9. The predicted octanol–water partition coefficient (Wildman–Crippen LogP) is 4.20. The number of hydrogen-bond acceptors (Lipinski definition) is 4.